The maximum atomic E-state index is 8.94. The quantitative estimate of drug-likeness (QED) is 0.662. The first-order valence-corrected chi connectivity index (χ1v) is 5.57. The Balaban J connectivity index is 2.66. The van der Waals surface area contributed by atoms with Crippen LogP contribution in [0.5, 0.6) is 5.75 Å². The molecule has 2 N–H and O–H groups in total. The average Bonchev–Trinajstić information content (AvgIpc) is 1.85. The predicted octanol–water partition coefficient (Wildman–Crippen LogP) is 1.17. The van der Waals surface area contributed by atoms with Gasteiger partial charge in [0.15, 0.2) is 0 Å². The van der Waals surface area contributed by atoms with Crippen molar-refractivity contribution in [2.75, 3.05) is 6.66 Å². The Bertz CT molecular complexity index is 217. The van der Waals surface area contributed by atoms with Crippen LogP contribution in [0.2, 0.25) is 0 Å². The van der Waals surface area contributed by atoms with Crippen LogP contribution in [0.15, 0.2) is 30.3 Å². The van der Waals surface area contributed by atoms with Crippen molar-refractivity contribution in [3.05, 3.63) is 30.3 Å². The van der Waals surface area contributed by atoms with Gasteiger partial charge in [-0.2, -0.15) is 0 Å². The SMILES string of the molecule is C[PH](O)(O)Oc1ccccc1. The molecule has 0 spiro atoms. The Morgan fingerprint density at radius 3 is 2.18 bits per heavy atom. The van der Waals surface area contributed by atoms with Crippen LogP contribution in [0.4, 0.5) is 0 Å². The van der Waals surface area contributed by atoms with Gasteiger partial charge < -0.3 is 0 Å². The third kappa shape index (κ3) is 3.33. The van der Waals surface area contributed by atoms with E-state index in [4.69, 9.17) is 14.3 Å². The number of para-hydroxylation sites is 1. The topological polar surface area (TPSA) is 49.7 Å². The van der Waals surface area contributed by atoms with Crippen molar-refractivity contribution < 1.29 is 14.3 Å². The van der Waals surface area contributed by atoms with Gasteiger partial charge in [0.05, 0.1) is 0 Å². The van der Waals surface area contributed by atoms with Crippen LogP contribution in [0.1, 0.15) is 0 Å². The third-order valence-corrected chi connectivity index (χ3v) is 1.68. The Morgan fingerprint density at radius 2 is 1.73 bits per heavy atom. The second-order valence-corrected chi connectivity index (χ2v) is 4.42. The summed E-state index contributed by atoms with van der Waals surface area (Å²) in [5.41, 5.74) is 0. The van der Waals surface area contributed by atoms with Crippen LogP contribution in [0.25, 0.3) is 0 Å². The standard InChI is InChI=1S/C7H11O3P/c1-11(8,9)10-7-5-3-2-4-6-7/h2-6,8-9,11H,1H3. The van der Waals surface area contributed by atoms with Crippen molar-refractivity contribution in [1.29, 1.82) is 0 Å². The zero-order chi connectivity index (χ0) is 8.32. The van der Waals surface area contributed by atoms with Crippen LogP contribution >= 0.6 is 7.94 Å². The molecule has 0 bridgehead atoms. The van der Waals surface area contributed by atoms with E-state index in [-0.39, 0.29) is 0 Å². The molecule has 0 unspecified atom stereocenters. The van der Waals surface area contributed by atoms with Gasteiger partial charge in [-0.05, 0) is 0 Å². The van der Waals surface area contributed by atoms with E-state index in [0.29, 0.717) is 5.75 Å². The van der Waals surface area contributed by atoms with Crippen molar-refractivity contribution in [1.82, 2.24) is 0 Å². The van der Waals surface area contributed by atoms with Crippen LogP contribution in [-0.2, 0) is 0 Å². The average molecular weight is 174 g/mol. The van der Waals surface area contributed by atoms with E-state index in [1.165, 1.54) is 6.66 Å². The zero-order valence-corrected chi connectivity index (χ0v) is 7.19. The van der Waals surface area contributed by atoms with E-state index in [2.05, 4.69) is 0 Å². The van der Waals surface area contributed by atoms with Gasteiger partial charge in [-0.15, -0.1) is 0 Å². The van der Waals surface area contributed by atoms with E-state index >= 15 is 0 Å². The van der Waals surface area contributed by atoms with E-state index < -0.39 is 7.94 Å². The van der Waals surface area contributed by atoms with Gasteiger partial charge in [0.1, 0.15) is 0 Å². The summed E-state index contributed by atoms with van der Waals surface area (Å²) >= 11 is 0. The summed E-state index contributed by atoms with van der Waals surface area (Å²) in [5.74, 6) is 0.492. The van der Waals surface area contributed by atoms with Gasteiger partial charge in [-0.1, -0.05) is 0 Å². The van der Waals surface area contributed by atoms with Gasteiger partial charge in [0.2, 0.25) is 0 Å². The van der Waals surface area contributed by atoms with Crippen LogP contribution in [-0.4, -0.2) is 16.5 Å². The van der Waals surface area contributed by atoms with Crippen molar-refractivity contribution >= 4 is 7.94 Å². The van der Waals surface area contributed by atoms with Gasteiger partial charge >= 0.3 is 65.0 Å². The van der Waals surface area contributed by atoms with Crippen molar-refractivity contribution in [3.63, 3.8) is 0 Å². The molecule has 3 nitrogen and oxygen atoms in total. The monoisotopic (exact) mass is 174 g/mol. The zero-order valence-electron chi connectivity index (χ0n) is 6.19. The molecule has 4 heteroatoms. The summed E-state index contributed by atoms with van der Waals surface area (Å²) in [7, 11) is -3.40. The van der Waals surface area contributed by atoms with Crippen LogP contribution in [0.3, 0.4) is 0 Å². The van der Waals surface area contributed by atoms with E-state index in [1.54, 1.807) is 24.3 Å². The van der Waals surface area contributed by atoms with E-state index in [1.807, 2.05) is 6.07 Å². The summed E-state index contributed by atoms with van der Waals surface area (Å²) < 4.78 is 4.85. The summed E-state index contributed by atoms with van der Waals surface area (Å²) in [4.78, 5) is 17.9. The Morgan fingerprint density at radius 1 is 1.18 bits per heavy atom. The van der Waals surface area contributed by atoms with Gasteiger partial charge in [0, 0.05) is 0 Å². The van der Waals surface area contributed by atoms with E-state index in [9.17, 15) is 0 Å². The molecule has 0 aliphatic heterocycles. The number of rotatable bonds is 2. The molecular weight excluding hydrogens is 163 g/mol. The summed E-state index contributed by atoms with van der Waals surface area (Å²) in [6.07, 6.45) is 0. The second-order valence-electron chi connectivity index (χ2n) is 2.35. The molecule has 0 heterocycles. The molecule has 1 aromatic carbocycles. The summed E-state index contributed by atoms with van der Waals surface area (Å²) in [5, 5.41) is 0. The molecule has 62 valence electrons. The molecule has 0 amide bonds. The fourth-order valence-electron chi connectivity index (χ4n) is 0.712. The van der Waals surface area contributed by atoms with Crippen molar-refractivity contribution in [2.45, 2.75) is 0 Å². The fraction of sp³-hybridized carbons (Fsp3) is 0.143. The minimum absolute atomic E-state index is 0.492. The normalized spacial score (nSPS) is 12.6. The Labute approximate surface area is 65.8 Å². The van der Waals surface area contributed by atoms with Gasteiger partial charge in [-0.3, -0.25) is 0 Å². The fourth-order valence-corrected chi connectivity index (χ4v) is 1.29. The first kappa shape index (κ1) is 8.47. The molecule has 0 fully saturated rings. The molecule has 0 saturated heterocycles. The van der Waals surface area contributed by atoms with Crippen LogP contribution < -0.4 is 4.52 Å². The Hall–Kier alpha value is -0.630. The molecule has 0 aromatic heterocycles. The number of hydrogen-bond donors (Lipinski definition) is 2. The molecule has 0 aliphatic rings. The molecular formula is C7H11O3P. The summed E-state index contributed by atoms with van der Waals surface area (Å²) in [6.45, 7) is 1.29. The molecule has 0 aliphatic carbocycles. The predicted molar refractivity (Wildman–Crippen MR) is 45.7 cm³/mol. The first-order chi connectivity index (χ1) is 5.08. The molecule has 1 aromatic rings. The van der Waals surface area contributed by atoms with Gasteiger partial charge in [0.25, 0.3) is 0 Å². The minimum atomic E-state index is -3.40. The second kappa shape index (κ2) is 3.18. The maximum absolute atomic E-state index is 8.94. The summed E-state index contributed by atoms with van der Waals surface area (Å²) in [6, 6.07) is 8.74. The molecule has 0 saturated carbocycles. The van der Waals surface area contributed by atoms with E-state index in [0.717, 1.165) is 0 Å². The molecule has 1 rings (SSSR count). The van der Waals surface area contributed by atoms with Crippen molar-refractivity contribution in [2.24, 2.45) is 0 Å². The molecule has 0 atom stereocenters. The molecule has 0 radical (unpaired) electrons. The molecule has 11 heavy (non-hydrogen) atoms. The third-order valence-electron chi connectivity index (χ3n) is 1.05. The van der Waals surface area contributed by atoms with Crippen molar-refractivity contribution in [3.8, 4) is 5.75 Å². The van der Waals surface area contributed by atoms with Gasteiger partial charge in [-0.25, -0.2) is 0 Å². The Kier molecular flexibility index (Phi) is 2.45. The number of hydrogen-bond acceptors (Lipinski definition) is 3. The first-order valence-electron chi connectivity index (χ1n) is 3.27. The van der Waals surface area contributed by atoms with Crippen LogP contribution in [0, 0.1) is 0 Å². The number of benzene rings is 1.